The van der Waals surface area contributed by atoms with Crippen LogP contribution in [0.15, 0.2) is 41.0 Å². The lowest BCUT2D eigenvalue weighted by molar-refractivity contribution is -0.383. The summed E-state index contributed by atoms with van der Waals surface area (Å²) >= 11 is 0. The second kappa shape index (κ2) is 16.5. The minimum absolute atomic E-state index is 0.113. The largest absolute Gasteiger partial charge is 0.494 e. The number of rotatable bonds is 21. The standard InChI is InChI=1S/C28H42N5O8P/c1-28(29,21-40-42(36,37)38)18-17-22-11-13-23(14-12-22)39-20-10-8-6-4-2-3-5-7-9-19-30-24-15-16-25(33(34)35)27-26(24)31-41-32-27/h11-16,30H,2-10,17-21,29H2,1H3,(H2,36,37,38)/t28-/m1/s1. The number of ether oxygens (including phenoxy) is 1. The molecular formula is C28H42N5O8P. The quantitative estimate of drug-likeness (QED) is 0.0485. The van der Waals surface area contributed by atoms with Crippen molar-refractivity contribution in [3.8, 4) is 5.75 Å². The number of phosphoric acid groups is 1. The number of aromatic nitrogens is 2. The van der Waals surface area contributed by atoms with E-state index in [1.54, 1.807) is 13.0 Å². The fraction of sp³-hybridized carbons (Fsp3) is 0.571. The normalized spacial score (nSPS) is 13.2. The molecule has 0 aliphatic carbocycles. The highest BCUT2D eigenvalue weighted by Gasteiger charge is 2.24. The van der Waals surface area contributed by atoms with Gasteiger partial charge in [0.25, 0.3) is 0 Å². The number of aryl methyl sites for hydroxylation is 1. The van der Waals surface area contributed by atoms with E-state index in [4.69, 9.17) is 20.3 Å². The van der Waals surface area contributed by atoms with Gasteiger partial charge in [0.15, 0.2) is 5.52 Å². The van der Waals surface area contributed by atoms with Gasteiger partial charge in [-0.15, -0.1) is 0 Å². The molecule has 0 spiro atoms. The van der Waals surface area contributed by atoms with E-state index >= 15 is 0 Å². The zero-order valence-electron chi connectivity index (χ0n) is 24.1. The predicted molar refractivity (Wildman–Crippen MR) is 159 cm³/mol. The Labute approximate surface area is 245 Å². The van der Waals surface area contributed by atoms with Crippen LogP contribution >= 0.6 is 7.82 Å². The second-order valence-corrected chi connectivity index (χ2v) is 12.1. The number of nitrogens with one attached hydrogen (secondary N) is 1. The summed E-state index contributed by atoms with van der Waals surface area (Å²) in [4.78, 5) is 28.3. The molecule has 0 unspecified atom stereocenters. The average Bonchev–Trinajstić information content (AvgIpc) is 3.44. The minimum Gasteiger partial charge on any atom is -0.494 e. The summed E-state index contributed by atoms with van der Waals surface area (Å²) in [5.41, 5.74) is 7.44. The first-order chi connectivity index (χ1) is 20.0. The minimum atomic E-state index is -4.52. The van der Waals surface area contributed by atoms with Crippen LogP contribution in [0.2, 0.25) is 0 Å². The van der Waals surface area contributed by atoms with Crippen molar-refractivity contribution in [1.29, 1.82) is 0 Å². The van der Waals surface area contributed by atoms with Crippen LogP contribution in [0.3, 0.4) is 0 Å². The number of non-ortho nitro benzene ring substituents is 1. The van der Waals surface area contributed by atoms with Crippen LogP contribution < -0.4 is 15.8 Å². The van der Waals surface area contributed by atoms with Gasteiger partial charge in [0.2, 0.25) is 5.52 Å². The lowest BCUT2D eigenvalue weighted by Crippen LogP contribution is -2.41. The Morgan fingerprint density at radius 3 is 2.24 bits per heavy atom. The van der Waals surface area contributed by atoms with Crippen molar-refractivity contribution in [2.45, 2.75) is 83.1 Å². The third-order valence-corrected chi connectivity index (χ3v) is 7.43. The molecule has 2 aromatic carbocycles. The van der Waals surface area contributed by atoms with Crippen molar-refractivity contribution < 1.29 is 33.2 Å². The number of fused-ring (bicyclic) bond motifs is 1. The Hall–Kier alpha value is -3.09. The average molecular weight is 608 g/mol. The number of hydrogen-bond donors (Lipinski definition) is 4. The van der Waals surface area contributed by atoms with Crippen LogP contribution in [0.1, 0.15) is 76.7 Å². The van der Waals surface area contributed by atoms with E-state index in [0.29, 0.717) is 30.7 Å². The Morgan fingerprint density at radius 1 is 0.976 bits per heavy atom. The molecule has 0 aliphatic rings. The van der Waals surface area contributed by atoms with Crippen molar-refractivity contribution >= 4 is 30.2 Å². The molecule has 0 saturated carbocycles. The fourth-order valence-corrected chi connectivity index (χ4v) is 4.97. The monoisotopic (exact) mass is 607 g/mol. The molecule has 0 aliphatic heterocycles. The van der Waals surface area contributed by atoms with Gasteiger partial charge in [-0.3, -0.25) is 14.6 Å². The molecule has 5 N–H and O–H groups in total. The van der Waals surface area contributed by atoms with E-state index in [2.05, 4.69) is 24.8 Å². The topological polar surface area (TPSA) is 196 Å². The number of nitrogens with zero attached hydrogens (tertiary/aromatic N) is 3. The number of benzene rings is 2. The highest BCUT2D eigenvalue weighted by molar-refractivity contribution is 7.46. The summed E-state index contributed by atoms with van der Waals surface area (Å²) < 4.78 is 26.0. The van der Waals surface area contributed by atoms with Gasteiger partial charge < -0.3 is 25.6 Å². The molecule has 0 fully saturated rings. The van der Waals surface area contributed by atoms with E-state index in [1.165, 1.54) is 38.2 Å². The molecule has 0 amide bonds. The van der Waals surface area contributed by atoms with Crippen molar-refractivity contribution in [3.63, 3.8) is 0 Å². The van der Waals surface area contributed by atoms with Crippen LogP contribution in [-0.4, -0.2) is 50.3 Å². The number of nitro benzene ring substituents is 1. The number of nitrogens with two attached hydrogens (primary N) is 1. The maximum absolute atomic E-state index is 11.1. The molecule has 232 valence electrons. The molecule has 1 atom stereocenters. The molecule has 42 heavy (non-hydrogen) atoms. The second-order valence-electron chi connectivity index (χ2n) is 10.9. The molecule has 0 bridgehead atoms. The molecule has 3 rings (SSSR count). The van der Waals surface area contributed by atoms with Crippen molar-refractivity contribution in [1.82, 2.24) is 10.3 Å². The molecule has 1 heterocycles. The zero-order chi connectivity index (χ0) is 30.4. The Balaban J connectivity index is 1.16. The summed E-state index contributed by atoms with van der Waals surface area (Å²) in [6.45, 7) is 2.94. The smallest absolute Gasteiger partial charge is 0.469 e. The van der Waals surface area contributed by atoms with Crippen molar-refractivity contribution in [3.05, 3.63) is 52.1 Å². The van der Waals surface area contributed by atoms with Gasteiger partial charge >= 0.3 is 13.5 Å². The van der Waals surface area contributed by atoms with Crippen LogP contribution in [0.25, 0.3) is 11.0 Å². The van der Waals surface area contributed by atoms with E-state index in [9.17, 15) is 14.7 Å². The lowest BCUT2D eigenvalue weighted by Gasteiger charge is -2.24. The van der Waals surface area contributed by atoms with Crippen molar-refractivity contribution in [2.24, 2.45) is 5.73 Å². The van der Waals surface area contributed by atoms with Crippen molar-refractivity contribution in [2.75, 3.05) is 25.1 Å². The van der Waals surface area contributed by atoms with Crippen LogP contribution in [-0.2, 0) is 15.5 Å². The molecule has 14 heteroatoms. The first-order valence-corrected chi connectivity index (χ1v) is 15.9. The van der Waals surface area contributed by atoms with E-state index in [0.717, 1.165) is 43.5 Å². The summed E-state index contributed by atoms with van der Waals surface area (Å²) in [7, 11) is -4.52. The fourth-order valence-electron chi connectivity index (χ4n) is 4.51. The number of phosphoric ester groups is 1. The SMILES string of the molecule is C[C@@](N)(CCc1ccc(OCCCCCCCCCCCNc2ccc([N+](=O)[O-])c3nonc23)cc1)COP(=O)(O)O. The van der Waals surface area contributed by atoms with Gasteiger partial charge in [0, 0.05) is 18.2 Å². The van der Waals surface area contributed by atoms with E-state index < -0.39 is 18.3 Å². The molecule has 13 nitrogen and oxygen atoms in total. The van der Waals surface area contributed by atoms with Crippen LogP contribution in [0.5, 0.6) is 5.75 Å². The number of nitro groups is 1. The van der Waals surface area contributed by atoms with E-state index in [-0.39, 0.29) is 17.8 Å². The summed E-state index contributed by atoms with van der Waals surface area (Å²) in [5, 5.41) is 21.8. The molecule has 3 aromatic rings. The number of anilines is 1. The Morgan fingerprint density at radius 2 is 1.60 bits per heavy atom. The third kappa shape index (κ3) is 12.0. The summed E-state index contributed by atoms with van der Waals surface area (Å²) in [6.07, 6.45) is 11.5. The molecule has 0 saturated heterocycles. The first kappa shape index (κ1) is 33.4. The van der Waals surface area contributed by atoms with Gasteiger partial charge in [-0.1, -0.05) is 57.1 Å². The zero-order valence-corrected chi connectivity index (χ0v) is 25.0. The van der Waals surface area contributed by atoms with Gasteiger partial charge in [0.05, 0.1) is 23.8 Å². The maximum Gasteiger partial charge on any atom is 0.469 e. The predicted octanol–water partition coefficient (Wildman–Crippen LogP) is 5.89. The number of unbranched alkanes of at least 4 members (excludes halogenated alkanes) is 8. The lowest BCUT2D eigenvalue weighted by atomic mass is 9.95. The number of hydrogen-bond acceptors (Lipinski definition) is 10. The summed E-state index contributed by atoms with van der Waals surface area (Å²) in [6, 6.07) is 10.9. The Bertz CT molecular complexity index is 1300. The highest BCUT2D eigenvalue weighted by Crippen LogP contribution is 2.37. The van der Waals surface area contributed by atoms with Gasteiger partial charge in [-0.05, 0) is 66.7 Å². The van der Waals surface area contributed by atoms with Crippen LogP contribution in [0, 0.1) is 10.1 Å². The summed E-state index contributed by atoms with van der Waals surface area (Å²) in [5.74, 6) is 0.823. The van der Waals surface area contributed by atoms with Crippen LogP contribution in [0.4, 0.5) is 11.4 Å². The van der Waals surface area contributed by atoms with E-state index in [1.807, 2.05) is 24.3 Å². The molecular weight excluding hydrogens is 565 g/mol. The molecule has 0 radical (unpaired) electrons. The third-order valence-electron chi connectivity index (χ3n) is 6.97. The van der Waals surface area contributed by atoms with Gasteiger partial charge in [-0.25, -0.2) is 9.19 Å². The Kier molecular flexibility index (Phi) is 13.1. The van der Waals surface area contributed by atoms with Gasteiger partial charge in [-0.2, -0.15) is 0 Å². The highest BCUT2D eigenvalue weighted by atomic mass is 31.2. The maximum atomic E-state index is 11.1. The van der Waals surface area contributed by atoms with Gasteiger partial charge in [0.1, 0.15) is 5.75 Å². The molecule has 1 aromatic heterocycles. The first-order valence-electron chi connectivity index (χ1n) is 14.4.